The molecule has 78 valence electrons. The van der Waals surface area contributed by atoms with Gasteiger partial charge in [-0.25, -0.2) is 0 Å². The van der Waals surface area contributed by atoms with Crippen LogP contribution in [0.2, 0.25) is 13.1 Å². The quantitative estimate of drug-likeness (QED) is 0.376. The third kappa shape index (κ3) is 4.11. The molecule has 2 aromatic rings. The van der Waals surface area contributed by atoms with Crippen molar-refractivity contribution in [2.45, 2.75) is 13.1 Å². The number of benzene rings is 1. The van der Waals surface area contributed by atoms with Crippen LogP contribution < -0.4 is 30.0 Å². The van der Waals surface area contributed by atoms with E-state index in [0.29, 0.717) is 0 Å². The molecule has 4 heteroatoms. The van der Waals surface area contributed by atoms with Gasteiger partial charge < -0.3 is 24.8 Å². The van der Waals surface area contributed by atoms with Crippen molar-refractivity contribution in [2.75, 3.05) is 0 Å². The van der Waals surface area contributed by atoms with Gasteiger partial charge >= 0.3 is 26.2 Å². The van der Waals surface area contributed by atoms with Gasteiger partial charge in [-0.1, -0.05) is 19.2 Å². The third-order valence-electron chi connectivity index (χ3n) is 2.20. The monoisotopic (exact) mass is 332 g/mol. The molecule has 0 aliphatic heterocycles. The van der Waals surface area contributed by atoms with Crippen LogP contribution in [0.5, 0.6) is 0 Å². The van der Waals surface area contributed by atoms with Crippen molar-refractivity contribution in [3.8, 4) is 0 Å². The van der Waals surface area contributed by atoms with Crippen LogP contribution in [0.15, 0.2) is 36.4 Å². The largest absolute Gasteiger partial charge is 3.00 e. The first-order valence-electron chi connectivity index (χ1n) is 4.23. The average molecular weight is 334 g/mol. The molecule has 0 aliphatic rings. The SMILES string of the molecule is C[Si](C)c1cc2ccccc2[cH-]1.[Cl-].[Cl-].[Zr+3]. The second-order valence-corrected chi connectivity index (χ2v) is 5.95. The standard InChI is InChI=1S/C11H12Si.2ClH.Zr/c1-12(2)11-7-9-5-3-4-6-10(9)8-11;;;/h3-8H,1-2H3;2*1H;/q-1;;;+3/p-2. The van der Waals surface area contributed by atoms with E-state index in [1.165, 1.54) is 10.8 Å². The van der Waals surface area contributed by atoms with Crippen molar-refractivity contribution < 1.29 is 51.0 Å². The summed E-state index contributed by atoms with van der Waals surface area (Å²) >= 11 is 0. The summed E-state index contributed by atoms with van der Waals surface area (Å²) in [5.74, 6) is 0. The summed E-state index contributed by atoms with van der Waals surface area (Å²) in [4.78, 5) is 0. The van der Waals surface area contributed by atoms with Gasteiger partial charge in [-0.15, -0.1) is 29.7 Å². The molecule has 0 spiro atoms. The van der Waals surface area contributed by atoms with Crippen LogP contribution in [0.3, 0.4) is 0 Å². The maximum atomic E-state index is 2.33. The first-order valence-corrected chi connectivity index (χ1v) is 6.73. The smallest absolute Gasteiger partial charge is 1.00 e. The van der Waals surface area contributed by atoms with Crippen LogP contribution in [0.4, 0.5) is 0 Å². The number of fused-ring (bicyclic) bond motifs is 1. The Morgan fingerprint density at radius 1 is 1.07 bits per heavy atom. The van der Waals surface area contributed by atoms with Crippen LogP contribution in [-0.2, 0) is 26.2 Å². The number of rotatable bonds is 1. The summed E-state index contributed by atoms with van der Waals surface area (Å²) in [6, 6.07) is 13.2. The van der Waals surface area contributed by atoms with E-state index < -0.39 is 0 Å². The molecule has 0 saturated heterocycles. The number of halogens is 2. The normalized spacial score (nSPS) is 9.00. The minimum Gasteiger partial charge on any atom is -1.00 e. The zero-order chi connectivity index (χ0) is 8.55. The minimum atomic E-state index is -0.273. The topological polar surface area (TPSA) is 0 Å². The van der Waals surface area contributed by atoms with E-state index in [1.54, 1.807) is 5.19 Å². The Bertz CT molecular complexity index is 365. The van der Waals surface area contributed by atoms with Crippen molar-refractivity contribution in [3.05, 3.63) is 36.4 Å². The van der Waals surface area contributed by atoms with E-state index in [4.69, 9.17) is 0 Å². The summed E-state index contributed by atoms with van der Waals surface area (Å²) in [6.07, 6.45) is 0. The zero-order valence-corrected chi connectivity index (χ0v) is 13.7. The second kappa shape index (κ2) is 7.73. The van der Waals surface area contributed by atoms with Gasteiger partial charge in [0.1, 0.15) is 0 Å². The fourth-order valence-corrected chi connectivity index (χ4v) is 2.33. The van der Waals surface area contributed by atoms with Crippen molar-refractivity contribution in [1.82, 2.24) is 0 Å². The Balaban J connectivity index is 0. The Labute approximate surface area is 124 Å². The molecular formula is C11H12Cl2SiZr. The second-order valence-electron chi connectivity index (χ2n) is 3.37. The summed E-state index contributed by atoms with van der Waals surface area (Å²) < 4.78 is 0. The first-order chi connectivity index (χ1) is 5.77. The Hall–Kier alpha value is 0.510. The van der Waals surface area contributed by atoms with E-state index in [1.807, 2.05) is 0 Å². The van der Waals surface area contributed by atoms with Gasteiger partial charge in [-0.2, -0.15) is 16.6 Å². The maximum Gasteiger partial charge on any atom is 3.00 e. The van der Waals surface area contributed by atoms with Gasteiger partial charge in [0.15, 0.2) is 0 Å². The molecule has 0 nitrogen and oxygen atoms in total. The van der Waals surface area contributed by atoms with Crippen LogP contribution in [0.1, 0.15) is 0 Å². The van der Waals surface area contributed by atoms with E-state index in [0.717, 1.165) is 0 Å². The van der Waals surface area contributed by atoms with Crippen LogP contribution in [0, 0.1) is 0 Å². The zero-order valence-electron chi connectivity index (χ0n) is 8.72. The average Bonchev–Trinajstić information content (AvgIpc) is 2.46. The van der Waals surface area contributed by atoms with Gasteiger partial charge in [-0.05, 0) is 0 Å². The molecule has 0 fully saturated rings. The molecule has 2 radical (unpaired) electrons. The molecule has 0 aromatic heterocycles. The van der Waals surface area contributed by atoms with Crippen molar-refractivity contribution >= 4 is 24.8 Å². The van der Waals surface area contributed by atoms with Gasteiger partial charge in [0.05, 0.1) is 8.80 Å². The molecule has 0 unspecified atom stereocenters. The molecule has 0 N–H and O–H groups in total. The van der Waals surface area contributed by atoms with Crippen LogP contribution in [0.25, 0.3) is 10.8 Å². The van der Waals surface area contributed by atoms with E-state index >= 15 is 0 Å². The summed E-state index contributed by atoms with van der Waals surface area (Å²) in [6.45, 7) is 4.66. The van der Waals surface area contributed by atoms with E-state index in [9.17, 15) is 0 Å². The predicted molar refractivity (Wildman–Crippen MR) is 56.7 cm³/mol. The van der Waals surface area contributed by atoms with Gasteiger partial charge in [0, 0.05) is 0 Å². The molecule has 0 atom stereocenters. The maximum absolute atomic E-state index is 2.33. The van der Waals surface area contributed by atoms with Gasteiger partial charge in [0.2, 0.25) is 0 Å². The molecule has 0 saturated carbocycles. The first kappa shape index (κ1) is 17.9. The summed E-state index contributed by atoms with van der Waals surface area (Å²) in [5, 5.41) is 4.32. The Morgan fingerprint density at radius 3 is 2.20 bits per heavy atom. The van der Waals surface area contributed by atoms with Gasteiger partial charge in [0.25, 0.3) is 0 Å². The third-order valence-corrected chi connectivity index (χ3v) is 3.64. The molecule has 0 amide bonds. The van der Waals surface area contributed by atoms with Crippen molar-refractivity contribution in [1.29, 1.82) is 0 Å². The fourth-order valence-electron chi connectivity index (χ4n) is 1.44. The molecule has 2 aromatic carbocycles. The molecular weight excluding hydrogens is 322 g/mol. The van der Waals surface area contributed by atoms with E-state index in [2.05, 4.69) is 49.5 Å². The van der Waals surface area contributed by atoms with Crippen LogP contribution in [-0.4, -0.2) is 8.80 Å². The molecule has 0 aliphatic carbocycles. The Morgan fingerprint density at radius 2 is 1.67 bits per heavy atom. The molecule has 0 bridgehead atoms. The van der Waals surface area contributed by atoms with E-state index in [-0.39, 0.29) is 59.8 Å². The van der Waals surface area contributed by atoms with Crippen molar-refractivity contribution in [2.24, 2.45) is 0 Å². The van der Waals surface area contributed by atoms with Crippen LogP contribution >= 0.6 is 0 Å². The molecule has 2 rings (SSSR count). The van der Waals surface area contributed by atoms with Crippen molar-refractivity contribution in [3.63, 3.8) is 0 Å². The molecule has 15 heavy (non-hydrogen) atoms. The number of hydrogen-bond donors (Lipinski definition) is 0. The summed E-state index contributed by atoms with van der Waals surface area (Å²) in [7, 11) is -0.273. The fraction of sp³-hybridized carbons (Fsp3) is 0.182. The minimum absolute atomic E-state index is 0. The molecule has 0 heterocycles. The Kier molecular flexibility index (Phi) is 9.22. The summed E-state index contributed by atoms with van der Waals surface area (Å²) in [5.41, 5.74) is 0. The van der Waals surface area contributed by atoms with Gasteiger partial charge in [-0.3, -0.25) is 0 Å². The number of hydrogen-bond acceptors (Lipinski definition) is 0. The predicted octanol–water partition coefficient (Wildman–Crippen LogP) is -3.47.